The van der Waals surface area contributed by atoms with E-state index in [0.29, 0.717) is 5.75 Å². The summed E-state index contributed by atoms with van der Waals surface area (Å²) < 4.78 is 0.808. The minimum absolute atomic E-state index is 0.297. The Morgan fingerprint density at radius 1 is 1.15 bits per heavy atom. The van der Waals surface area contributed by atoms with Gasteiger partial charge in [0, 0.05) is 19.0 Å². The lowest BCUT2D eigenvalue weighted by Crippen LogP contribution is -2.08. The van der Waals surface area contributed by atoms with E-state index in [1.54, 1.807) is 12.1 Å². The van der Waals surface area contributed by atoms with Crippen LogP contribution in [0, 0.1) is 0 Å². The third-order valence-electron chi connectivity index (χ3n) is 2.87. The first-order valence-corrected chi connectivity index (χ1v) is 7.52. The van der Waals surface area contributed by atoms with Crippen molar-refractivity contribution in [1.29, 1.82) is 0 Å². The number of nitrogens with one attached hydrogen (secondary N) is 1. The average Bonchev–Trinajstić information content (AvgIpc) is 2.41. The van der Waals surface area contributed by atoms with Crippen LogP contribution in [0.4, 0.5) is 5.82 Å². The van der Waals surface area contributed by atoms with E-state index in [1.807, 2.05) is 18.2 Å². The molecule has 2 rings (SSSR count). The summed E-state index contributed by atoms with van der Waals surface area (Å²) >= 11 is 3.41. The number of phenols is 1. The molecule has 0 radical (unpaired) electrons. The van der Waals surface area contributed by atoms with Gasteiger partial charge in [-0.1, -0.05) is 19.1 Å². The number of hydrogen-bond donors (Lipinski definition) is 2. The van der Waals surface area contributed by atoms with Gasteiger partial charge in [0.1, 0.15) is 22.0 Å². The van der Waals surface area contributed by atoms with Crippen molar-refractivity contribution >= 4 is 21.7 Å². The molecule has 0 fully saturated rings. The zero-order valence-electron chi connectivity index (χ0n) is 11.4. The highest BCUT2D eigenvalue weighted by molar-refractivity contribution is 9.10. The van der Waals surface area contributed by atoms with Gasteiger partial charge in [-0.25, -0.2) is 9.97 Å². The first-order valence-electron chi connectivity index (χ1n) is 6.72. The molecule has 20 heavy (non-hydrogen) atoms. The maximum Gasteiger partial charge on any atom is 0.132 e. The van der Waals surface area contributed by atoms with Crippen LogP contribution in [0.3, 0.4) is 0 Å². The molecule has 0 unspecified atom stereocenters. The minimum Gasteiger partial charge on any atom is -0.508 e. The molecule has 0 aliphatic rings. The van der Waals surface area contributed by atoms with Gasteiger partial charge in [-0.05, 0) is 46.5 Å². The van der Waals surface area contributed by atoms with Crippen LogP contribution in [-0.2, 0) is 12.8 Å². The minimum atomic E-state index is 0.297. The number of phenolic OH excluding ortho intramolecular Hbond substituents is 1. The summed E-state index contributed by atoms with van der Waals surface area (Å²) in [6.45, 7) is 2.90. The molecule has 0 saturated heterocycles. The van der Waals surface area contributed by atoms with Crippen LogP contribution in [-0.4, -0.2) is 21.6 Å². The maximum absolute atomic E-state index is 9.23. The van der Waals surface area contributed by atoms with Crippen LogP contribution in [0.5, 0.6) is 5.75 Å². The molecule has 2 N–H and O–H groups in total. The van der Waals surface area contributed by atoms with Gasteiger partial charge in [-0.3, -0.25) is 0 Å². The molecule has 0 bridgehead atoms. The quantitative estimate of drug-likeness (QED) is 0.792. The molecule has 0 saturated carbocycles. The highest BCUT2D eigenvalue weighted by Crippen LogP contribution is 2.14. The van der Waals surface area contributed by atoms with Gasteiger partial charge in [0.25, 0.3) is 0 Å². The van der Waals surface area contributed by atoms with Crippen LogP contribution in [0.15, 0.2) is 34.9 Å². The van der Waals surface area contributed by atoms with Crippen LogP contribution >= 0.6 is 15.9 Å². The van der Waals surface area contributed by atoms with Crippen LogP contribution in [0.25, 0.3) is 0 Å². The molecule has 5 heteroatoms. The van der Waals surface area contributed by atoms with E-state index in [1.165, 1.54) is 5.56 Å². The molecule has 1 heterocycles. The Morgan fingerprint density at radius 2 is 1.90 bits per heavy atom. The number of benzene rings is 1. The van der Waals surface area contributed by atoms with E-state index in [2.05, 4.69) is 38.1 Å². The molecule has 0 aliphatic heterocycles. The molecule has 1 aromatic carbocycles. The second-order valence-electron chi connectivity index (χ2n) is 4.59. The van der Waals surface area contributed by atoms with E-state index < -0.39 is 0 Å². The van der Waals surface area contributed by atoms with Gasteiger partial charge in [0.15, 0.2) is 0 Å². The molecular formula is C15H18BrN3O. The number of aromatic hydroxyl groups is 1. The summed E-state index contributed by atoms with van der Waals surface area (Å²) in [5, 5.41) is 12.5. The Labute approximate surface area is 127 Å². The fraction of sp³-hybridized carbons (Fsp3) is 0.333. The van der Waals surface area contributed by atoms with Crippen LogP contribution in [0.2, 0.25) is 0 Å². The molecule has 0 aliphatic carbocycles. The number of rotatable bonds is 6. The highest BCUT2D eigenvalue weighted by Gasteiger charge is 2.02. The van der Waals surface area contributed by atoms with E-state index >= 15 is 0 Å². The van der Waals surface area contributed by atoms with Gasteiger partial charge >= 0.3 is 0 Å². The fourth-order valence-electron chi connectivity index (χ4n) is 1.89. The number of aryl methyl sites for hydroxylation is 1. The normalized spacial score (nSPS) is 10.5. The Balaban J connectivity index is 1.91. The zero-order chi connectivity index (χ0) is 14.4. The first kappa shape index (κ1) is 14.8. The van der Waals surface area contributed by atoms with Gasteiger partial charge in [-0.15, -0.1) is 0 Å². The smallest absolute Gasteiger partial charge is 0.132 e. The van der Waals surface area contributed by atoms with Crippen LogP contribution in [0.1, 0.15) is 24.7 Å². The van der Waals surface area contributed by atoms with Crippen molar-refractivity contribution in [3.63, 3.8) is 0 Å². The standard InChI is InChI=1S/C15H18BrN3O/c1-2-3-14-18-13(16)10-15(19-14)17-9-8-11-4-6-12(20)7-5-11/h4-7,10,20H,2-3,8-9H2,1H3,(H,17,18,19). The molecule has 0 atom stereocenters. The number of anilines is 1. The fourth-order valence-corrected chi connectivity index (χ4v) is 2.31. The van der Waals surface area contributed by atoms with Crippen molar-refractivity contribution in [2.45, 2.75) is 26.2 Å². The highest BCUT2D eigenvalue weighted by atomic mass is 79.9. The van der Waals surface area contributed by atoms with Crippen molar-refractivity contribution < 1.29 is 5.11 Å². The molecule has 0 spiro atoms. The third kappa shape index (κ3) is 4.49. The molecule has 0 amide bonds. The average molecular weight is 336 g/mol. The van der Waals surface area contributed by atoms with E-state index in [4.69, 9.17) is 0 Å². The molecule has 2 aromatic rings. The number of halogens is 1. The summed E-state index contributed by atoms with van der Waals surface area (Å²) in [6.07, 6.45) is 2.79. The van der Waals surface area contributed by atoms with Gasteiger partial charge in [0.05, 0.1) is 0 Å². The second-order valence-corrected chi connectivity index (χ2v) is 5.40. The number of nitrogens with zero attached hydrogens (tertiary/aromatic N) is 2. The first-order chi connectivity index (χ1) is 9.67. The van der Waals surface area contributed by atoms with E-state index in [0.717, 1.165) is 42.1 Å². The summed E-state index contributed by atoms with van der Waals surface area (Å²) in [6, 6.07) is 9.15. The predicted molar refractivity (Wildman–Crippen MR) is 84.0 cm³/mol. The molecule has 106 valence electrons. The van der Waals surface area contributed by atoms with Gasteiger partial charge in [-0.2, -0.15) is 0 Å². The van der Waals surface area contributed by atoms with Gasteiger partial charge < -0.3 is 10.4 Å². The predicted octanol–water partition coefficient (Wildman–Crippen LogP) is 3.55. The van der Waals surface area contributed by atoms with Crippen molar-refractivity contribution in [3.05, 3.63) is 46.3 Å². The largest absolute Gasteiger partial charge is 0.508 e. The topological polar surface area (TPSA) is 58.0 Å². The Hall–Kier alpha value is -1.62. The molecule has 4 nitrogen and oxygen atoms in total. The van der Waals surface area contributed by atoms with Gasteiger partial charge in [0.2, 0.25) is 0 Å². The second kappa shape index (κ2) is 7.24. The number of aromatic nitrogens is 2. The SMILES string of the molecule is CCCc1nc(Br)cc(NCCc2ccc(O)cc2)n1. The molecular weight excluding hydrogens is 318 g/mol. The monoisotopic (exact) mass is 335 g/mol. The zero-order valence-corrected chi connectivity index (χ0v) is 13.0. The Kier molecular flexibility index (Phi) is 5.35. The maximum atomic E-state index is 9.23. The van der Waals surface area contributed by atoms with E-state index in [9.17, 15) is 5.11 Å². The van der Waals surface area contributed by atoms with Crippen molar-refractivity contribution in [2.24, 2.45) is 0 Å². The van der Waals surface area contributed by atoms with E-state index in [-0.39, 0.29) is 0 Å². The Morgan fingerprint density at radius 3 is 2.60 bits per heavy atom. The lowest BCUT2D eigenvalue weighted by Gasteiger charge is -2.08. The van der Waals surface area contributed by atoms with Crippen molar-refractivity contribution in [1.82, 2.24) is 9.97 Å². The summed E-state index contributed by atoms with van der Waals surface area (Å²) in [7, 11) is 0. The summed E-state index contributed by atoms with van der Waals surface area (Å²) in [4.78, 5) is 8.81. The summed E-state index contributed by atoms with van der Waals surface area (Å²) in [5.41, 5.74) is 1.18. The van der Waals surface area contributed by atoms with Crippen LogP contribution < -0.4 is 5.32 Å². The summed E-state index contributed by atoms with van der Waals surface area (Å²) in [5.74, 6) is 1.99. The lowest BCUT2D eigenvalue weighted by molar-refractivity contribution is 0.475. The third-order valence-corrected chi connectivity index (χ3v) is 3.28. The Bertz CT molecular complexity index is 558. The molecule has 1 aromatic heterocycles. The van der Waals surface area contributed by atoms with Crippen molar-refractivity contribution in [3.8, 4) is 5.75 Å². The number of hydrogen-bond acceptors (Lipinski definition) is 4. The lowest BCUT2D eigenvalue weighted by atomic mass is 10.1. The van der Waals surface area contributed by atoms with Crippen molar-refractivity contribution in [2.75, 3.05) is 11.9 Å².